The lowest BCUT2D eigenvalue weighted by molar-refractivity contribution is 0.288. The van der Waals surface area contributed by atoms with Gasteiger partial charge in [0, 0.05) is 20.0 Å². The van der Waals surface area contributed by atoms with Crippen molar-refractivity contribution in [3.05, 3.63) is 0 Å². The first-order valence-electron chi connectivity index (χ1n) is 5.06. The molecule has 0 fully saturated rings. The van der Waals surface area contributed by atoms with Gasteiger partial charge in [0.25, 0.3) is 0 Å². The zero-order valence-corrected chi connectivity index (χ0v) is 10.8. The summed E-state index contributed by atoms with van der Waals surface area (Å²) < 4.78 is 24.7. The fraction of sp³-hybridized carbons (Fsp3) is 0.900. The number of nitrogens with zero attached hydrogens (tertiary/aromatic N) is 2. The van der Waals surface area contributed by atoms with Crippen LogP contribution in [0, 0.1) is 16.7 Å². The zero-order valence-electron chi connectivity index (χ0n) is 9.95. The summed E-state index contributed by atoms with van der Waals surface area (Å²) in [5.41, 5.74) is -0.287. The van der Waals surface area contributed by atoms with Gasteiger partial charge in [-0.3, -0.25) is 0 Å². The molecule has 0 atom stereocenters. The first-order valence-corrected chi connectivity index (χ1v) is 6.67. The van der Waals surface area contributed by atoms with Crippen LogP contribution in [0.3, 0.4) is 0 Å². The number of sulfonamides is 1. The molecule has 0 heterocycles. The molecule has 0 rings (SSSR count). The quantitative estimate of drug-likeness (QED) is 0.698. The van der Waals surface area contributed by atoms with Gasteiger partial charge in [-0.2, -0.15) is 5.26 Å². The zero-order chi connectivity index (χ0) is 12.1. The van der Waals surface area contributed by atoms with Crippen LogP contribution in [0.2, 0.25) is 0 Å². The van der Waals surface area contributed by atoms with Gasteiger partial charge < -0.3 is 0 Å². The highest BCUT2D eigenvalue weighted by Crippen LogP contribution is 2.21. The lowest BCUT2D eigenvalue weighted by Gasteiger charge is -2.27. The largest absolute Gasteiger partial charge is 0.213 e. The van der Waals surface area contributed by atoms with Gasteiger partial charge in [0.15, 0.2) is 0 Å². The molecule has 0 aliphatic carbocycles. The lowest BCUT2D eigenvalue weighted by Crippen LogP contribution is -2.37. The van der Waals surface area contributed by atoms with Crippen LogP contribution in [-0.4, -0.2) is 32.1 Å². The molecule has 0 aromatic carbocycles. The average molecular weight is 232 g/mol. The summed E-state index contributed by atoms with van der Waals surface area (Å²) in [4.78, 5) is 0. The van der Waals surface area contributed by atoms with E-state index in [4.69, 9.17) is 5.26 Å². The minimum atomic E-state index is -3.14. The topological polar surface area (TPSA) is 61.2 Å². The van der Waals surface area contributed by atoms with Crippen LogP contribution in [0.5, 0.6) is 0 Å². The van der Waals surface area contributed by atoms with Crippen molar-refractivity contribution in [1.82, 2.24) is 4.31 Å². The molecule has 88 valence electrons. The standard InChI is InChI=1S/C10H20N2O2S/c1-5-8-15(13,14)12(4)9-10(2,3)6-7-11/h5-6,8-9H2,1-4H3. The molecule has 0 aromatic heterocycles. The van der Waals surface area contributed by atoms with Crippen molar-refractivity contribution in [2.75, 3.05) is 19.3 Å². The molecule has 5 heteroatoms. The van der Waals surface area contributed by atoms with Crippen LogP contribution in [0.4, 0.5) is 0 Å². The molecule has 0 unspecified atom stereocenters. The summed E-state index contributed by atoms with van der Waals surface area (Å²) in [5, 5.41) is 8.60. The van der Waals surface area contributed by atoms with Crippen LogP contribution in [0.15, 0.2) is 0 Å². The van der Waals surface area contributed by atoms with Crippen LogP contribution >= 0.6 is 0 Å². The molecule has 0 aliphatic heterocycles. The number of hydrogen-bond acceptors (Lipinski definition) is 3. The van der Waals surface area contributed by atoms with E-state index in [0.29, 0.717) is 19.4 Å². The van der Waals surface area contributed by atoms with Gasteiger partial charge in [-0.25, -0.2) is 12.7 Å². The third-order valence-electron chi connectivity index (χ3n) is 2.15. The Labute approximate surface area is 92.9 Å². The molecule has 0 spiro atoms. The second kappa shape index (κ2) is 5.47. The summed E-state index contributed by atoms with van der Waals surface area (Å²) in [6, 6.07) is 2.08. The number of rotatable bonds is 6. The Kier molecular flexibility index (Phi) is 5.26. The lowest BCUT2D eigenvalue weighted by atomic mass is 9.90. The predicted molar refractivity (Wildman–Crippen MR) is 60.7 cm³/mol. The van der Waals surface area contributed by atoms with Crippen LogP contribution in [-0.2, 0) is 10.0 Å². The summed E-state index contributed by atoms with van der Waals surface area (Å²) in [7, 11) is -1.56. The Hall–Kier alpha value is -0.600. The first-order chi connectivity index (χ1) is 6.75. The third kappa shape index (κ3) is 5.14. The van der Waals surface area contributed by atoms with Gasteiger partial charge in [0.2, 0.25) is 10.0 Å². The fourth-order valence-electron chi connectivity index (χ4n) is 1.38. The minimum absolute atomic E-state index is 0.173. The second-order valence-corrected chi connectivity index (χ2v) is 6.77. The highest BCUT2D eigenvalue weighted by atomic mass is 32.2. The van der Waals surface area contributed by atoms with Gasteiger partial charge in [-0.15, -0.1) is 0 Å². The Balaban J connectivity index is 4.50. The molecule has 0 bridgehead atoms. The predicted octanol–water partition coefficient (Wildman–Crippen LogP) is 1.60. The summed E-state index contributed by atoms with van der Waals surface area (Å²) >= 11 is 0. The van der Waals surface area contributed by atoms with E-state index in [1.165, 1.54) is 4.31 Å². The van der Waals surface area contributed by atoms with Gasteiger partial charge >= 0.3 is 0 Å². The highest BCUT2D eigenvalue weighted by molar-refractivity contribution is 7.89. The summed E-state index contributed by atoms with van der Waals surface area (Å²) in [5.74, 6) is 0.173. The van der Waals surface area contributed by atoms with Crippen molar-refractivity contribution < 1.29 is 8.42 Å². The van der Waals surface area contributed by atoms with E-state index >= 15 is 0 Å². The average Bonchev–Trinajstić information content (AvgIpc) is 2.02. The molecule has 0 saturated heterocycles. The van der Waals surface area contributed by atoms with Crippen molar-refractivity contribution in [1.29, 1.82) is 5.26 Å². The van der Waals surface area contributed by atoms with Crippen molar-refractivity contribution >= 4 is 10.0 Å². The van der Waals surface area contributed by atoms with E-state index in [1.807, 2.05) is 20.8 Å². The van der Waals surface area contributed by atoms with Crippen LogP contribution < -0.4 is 0 Å². The van der Waals surface area contributed by atoms with E-state index < -0.39 is 10.0 Å². The summed E-state index contributed by atoms with van der Waals surface area (Å²) in [6.07, 6.45) is 0.977. The molecule has 4 nitrogen and oxygen atoms in total. The van der Waals surface area contributed by atoms with E-state index in [9.17, 15) is 8.42 Å². The third-order valence-corrected chi connectivity index (χ3v) is 4.15. The van der Waals surface area contributed by atoms with Crippen LogP contribution in [0.25, 0.3) is 0 Å². The fourth-order valence-corrected chi connectivity index (χ4v) is 2.76. The van der Waals surface area contributed by atoms with Crippen molar-refractivity contribution in [2.45, 2.75) is 33.6 Å². The molecule has 0 N–H and O–H groups in total. The summed E-state index contributed by atoms with van der Waals surface area (Å²) in [6.45, 7) is 6.02. The van der Waals surface area contributed by atoms with Crippen LogP contribution in [0.1, 0.15) is 33.6 Å². The molecular weight excluding hydrogens is 212 g/mol. The van der Waals surface area contributed by atoms with Gasteiger partial charge in [-0.1, -0.05) is 20.8 Å². The molecular formula is C10H20N2O2S. The van der Waals surface area contributed by atoms with E-state index in [0.717, 1.165) is 0 Å². The SMILES string of the molecule is CCCS(=O)(=O)N(C)CC(C)(C)CC#N. The van der Waals surface area contributed by atoms with E-state index in [-0.39, 0.29) is 11.2 Å². The number of hydrogen-bond donors (Lipinski definition) is 0. The Bertz CT molecular complexity index is 328. The minimum Gasteiger partial charge on any atom is -0.212 e. The van der Waals surface area contributed by atoms with Crippen molar-refractivity contribution in [3.63, 3.8) is 0 Å². The normalized spacial score (nSPS) is 12.8. The maximum Gasteiger partial charge on any atom is 0.213 e. The Morgan fingerprint density at radius 3 is 2.33 bits per heavy atom. The Morgan fingerprint density at radius 1 is 1.40 bits per heavy atom. The number of nitriles is 1. The molecule has 0 aromatic rings. The molecule has 0 aliphatic rings. The smallest absolute Gasteiger partial charge is 0.212 e. The molecule has 0 radical (unpaired) electrons. The van der Waals surface area contributed by atoms with Crippen molar-refractivity contribution in [3.8, 4) is 6.07 Å². The Morgan fingerprint density at radius 2 is 1.93 bits per heavy atom. The molecule has 15 heavy (non-hydrogen) atoms. The van der Waals surface area contributed by atoms with Gasteiger partial charge in [0.05, 0.1) is 11.8 Å². The molecule has 0 amide bonds. The van der Waals surface area contributed by atoms with Gasteiger partial charge in [0.1, 0.15) is 0 Å². The van der Waals surface area contributed by atoms with E-state index in [1.54, 1.807) is 7.05 Å². The van der Waals surface area contributed by atoms with Gasteiger partial charge in [-0.05, 0) is 11.8 Å². The highest BCUT2D eigenvalue weighted by Gasteiger charge is 2.25. The van der Waals surface area contributed by atoms with E-state index in [2.05, 4.69) is 6.07 Å². The monoisotopic (exact) mass is 232 g/mol. The van der Waals surface area contributed by atoms with Crippen molar-refractivity contribution in [2.24, 2.45) is 5.41 Å². The molecule has 0 saturated carbocycles. The maximum atomic E-state index is 11.7. The second-order valence-electron chi connectivity index (χ2n) is 4.57. The first kappa shape index (κ1) is 14.4. The maximum absolute atomic E-state index is 11.7.